The van der Waals surface area contributed by atoms with Crippen LogP contribution in [0.25, 0.3) is 0 Å². The van der Waals surface area contributed by atoms with Gasteiger partial charge in [-0.1, -0.05) is 26.2 Å². The summed E-state index contributed by atoms with van der Waals surface area (Å²) in [6.45, 7) is 4.23. The van der Waals surface area contributed by atoms with E-state index in [4.69, 9.17) is 16.3 Å². The van der Waals surface area contributed by atoms with Crippen molar-refractivity contribution in [2.45, 2.75) is 52.1 Å². The Bertz CT molecular complexity index is 387. The zero-order chi connectivity index (χ0) is 14.3. The summed E-state index contributed by atoms with van der Waals surface area (Å²) >= 11 is 5.85. The predicted octanol–water partition coefficient (Wildman–Crippen LogP) is 3.33. The number of unbranched alkanes of at least 4 members (excludes halogenated alkanes) is 3. The Labute approximate surface area is 120 Å². The molecule has 0 spiro atoms. The number of hydrogen-bond acceptors (Lipinski definition) is 5. The van der Waals surface area contributed by atoms with Crippen LogP contribution in [-0.4, -0.2) is 35.2 Å². The van der Waals surface area contributed by atoms with E-state index in [-0.39, 0.29) is 11.4 Å². The summed E-state index contributed by atoms with van der Waals surface area (Å²) in [6, 6.07) is 0.298. The lowest BCUT2D eigenvalue weighted by atomic mass is 10.1. The van der Waals surface area contributed by atoms with Crippen molar-refractivity contribution >= 4 is 17.5 Å². The van der Waals surface area contributed by atoms with Gasteiger partial charge in [0.05, 0.1) is 6.10 Å². The molecule has 19 heavy (non-hydrogen) atoms. The molecule has 6 heteroatoms. The van der Waals surface area contributed by atoms with Crippen LogP contribution in [0.15, 0.2) is 0 Å². The smallest absolute Gasteiger partial charge is 0.322 e. The summed E-state index contributed by atoms with van der Waals surface area (Å²) in [4.78, 5) is 14.0. The Hall–Kier alpha value is -1.10. The first-order valence-corrected chi connectivity index (χ1v) is 7.16. The Kier molecular flexibility index (Phi) is 6.84. The lowest BCUT2D eigenvalue weighted by molar-refractivity contribution is 0.189. The number of ether oxygens (including phenoxy) is 1. The maximum atomic E-state index is 5.85. The molecule has 1 unspecified atom stereocenters. The molecule has 1 aromatic heterocycles. The Morgan fingerprint density at radius 2 is 1.89 bits per heavy atom. The first kappa shape index (κ1) is 16.0. The van der Waals surface area contributed by atoms with Crippen molar-refractivity contribution in [3.8, 4) is 6.01 Å². The monoisotopic (exact) mass is 286 g/mol. The van der Waals surface area contributed by atoms with E-state index in [2.05, 4.69) is 21.9 Å². The summed E-state index contributed by atoms with van der Waals surface area (Å²) in [5, 5.41) is 0.159. The van der Waals surface area contributed by atoms with Crippen LogP contribution in [0.4, 0.5) is 5.95 Å². The van der Waals surface area contributed by atoms with E-state index in [1.54, 1.807) is 4.90 Å². The molecule has 0 fully saturated rings. The average molecular weight is 287 g/mol. The fourth-order valence-electron chi connectivity index (χ4n) is 1.67. The zero-order valence-electron chi connectivity index (χ0n) is 12.2. The van der Waals surface area contributed by atoms with E-state index < -0.39 is 0 Å². The Balaban J connectivity index is 2.51. The molecular formula is C13H23ClN4O. The molecule has 0 N–H and O–H groups in total. The van der Waals surface area contributed by atoms with Crippen molar-refractivity contribution in [1.82, 2.24) is 15.0 Å². The van der Waals surface area contributed by atoms with Crippen molar-refractivity contribution in [3.05, 3.63) is 5.28 Å². The van der Waals surface area contributed by atoms with Gasteiger partial charge < -0.3 is 9.64 Å². The van der Waals surface area contributed by atoms with Gasteiger partial charge in [-0.15, -0.1) is 0 Å². The number of rotatable bonds is 8. The van der Waals surface area contributed by atoms with Crippen molar-refractivity contribution < 1.29 is 4.74 Å². The van der Waals surface area contributed by atoms with Gasteiger partial charge in [-0.25, -0.2) is 0 Å². The highest BCUT2D eigenvalue weighted by atomic mass is 35.5. The molecule has 0 saturated carbocycles. The van der Waals surface area contributed by atoms with Crippen molar-refractivity contribution in [2.24, 2.45) is 0 Å². The highest BCUT2D eigenvalue weighted by Crippen LogP contribution is 2.16. The maximum absolute atomic E-state index is 5.85. The van der Waals surface area contributed by atoms with E-state index in [0.717, 1.165) is 12.8 Å². The molecule has 0 aliphatic heterocycles. The lowest BCUT2D eigenvalue weighted by Gasteiger charge is -2.15. The second-order valence-electron chi connectivity index (χ2n) is 4.86. The van der Waals surface area contributed by atoms with Gasteiger partial charge in [0.1, 0.15) is 0 Å². The number of aromatic nitrogens is 3. The van der Waals surface area contributed by atoms with E-state index in [0.29, 0.717) is 12.0 Å². The van der Waals surface area contributed by atoms with Gasteiger partial charge >= 0.3 is 6.01 Å². The summed E-state index contributed by atoms with van der Waals surface area (Å²) in [5.74, 6) is 0.508. The van der Waals surface area contributed by atoms with Crippen LogP contribution in [0.2, 0.25) is 5.28 Å². The largest absolute Gasteiger partial charge is 0.460 e. The highest BCUT2D eigenvalue weighted by molar-refractivity contribution is 6.28. The molecule has 1 aromatic rings. The molecule has 0 bridgehead atoms. The standard InChI is InChI=1S/C13H23ClN4O/c1-5-6-7-8-9-10(2)19-13-16-11(14)15-12(17-13)18(3)4/h10H,5-9H2,1-4H3. The van der Waals surface area contributed by atoms with Crippen molar-refractivity contribution in [1.29, 1.82) is 0 Å². The third kappa shape index (κ3) is 6.05. The van der Waals surface area contributed by atoms with Crippen LogP contribution in [-0.2, 0) is 0 Å². The van der Waals surface area contributed by atoms with Gasteiger partial charge in [0.25, 0.3) is 0 Å². The van der Waals surface area contributed by atoms with Gasteiger partial charge in [-0.05, 0) is 31.4 Å². The number of hydrogen-bond donors (Lipinski definition) is 0. The molecule has 108 valence electrons. The quantitative estimate of drug-likeness (QED) is 0.686. The molecule has 1 atom stereocenters. The van der Waals surface area contributed by atoms with Crippen LogP contribution in [0.1, 0.15) is 46.0 Å². The minimum atomic E-state index is 0.0883. The fraction of sp³-hybridized carbons (Fsp3) is 0.769. The van der Waals surface area contributed by atoms with Crippen molar-refractivity contribution in [2.75, 3.05) is 19.0 Å². The molecule has 0 aliphatic rings. The molecule has 5 nitrogen and oxygen atoms in total. The first-order valence-electron chi connectivity index (χ1n) is 6.78. The van der Waals surface area contributed by atoms with E-state index in [1.165, 1.54) is 19.3 Å². The third-order valence-corrected chi connectivity index (χ3v) is 2.92. The molecule has 0 aromatic carbocycles. The maximum Gasteiger partial charge on any atom is 0.322 e. The first-order chi connectivity index (χ1) is 9.02. The molecule has 0 saturated heterocycles. The number of nitrogens with zero attached hydrogens (tertiary/aromatic N) is 4. The van der Waals surface area contributed by atoms with E-state index in [1.807, 2.05) is 21.0 Å². The molecule has 0 radical (unpaired) electrons. The van der Waals surface area contributed by atoms with Gasteiger partial charge in [-0.3, -0.25) is 0 Å². The van der Waals surface area contributed by atoms with Gasteiger partial charge in [0, 0.05) is 14.1 Å². The molecule has 0 amide bonds. The summed E-state index contributed by atoms with van der Waals surface area (Å²) in [7, 11) is 3.70. The summed E-state index contributed by atoms with van der Waals surface area (Å²) in [5.41, 5.74) is 0. The Morgan fingerprint density at radius 1 is 1.16 bits per heavy atom. The molecular weight excluding hydrogens is 264 g/mol. The SMILES string of the molecule is CCCCCCC(C)Oc1nc(Cl)nc(N(C)C)n1. The normalized spacial score (nSPS) is 12.3. The second-order valence-corrected chi connectivity index (χ2v) is 5.20. The van der Waals surface area contributed by atoms with E-state index >= 15 is 0 Å². The van der Waals surface area contributed by atoms with Gasteiger partial charge in [0.15, 0.2) is 0 Å². The van der Waals surface area contributed by atoms with Crippen molar-refractivity contribution in [3.63, 3.8) is 0 Å². The summed E-state index contributed by atoms with van der Waals surface area (Å²) in [6.07, 6.45) is 6.00. The topological polar surface area (TPSA) is 51.1 Å². The molecule has 1 heterocycles. The Morgan fingerprint density at radius 3 is 2.53 bits per heavy atom. The second kappa shape index (κ2) is 8.15. The third-order valence-electron chi connectivity index (χ3n) is 2.75. The number of anilines is 1. The van der Waals surface area contributed by atoms with Crippen LogP contribution < -0.4 is 9.64 Å². The lowest BCUT2D eigenvalue weighted by Crippen LogP contribution is -2.17. The van der Waals surface area contributed by atoms with Crippen LogP contribution in [0.5, 0.6) is 6.01 Å². The van der Waals surface area contributed by atoms with Crippen LogP contribution >= 0.6 is 11.6 Å². The average Bonchev–Trinajstić information content (AvgIpc) is 2.34. The zero-order valence-corrected chi connectivity index (χ0v) is 12.9. The highest BCUT2D eigenvalue weighted by Gasteiger charge is 2.11. The minimum absolute atomic E-state index is 0.0883. The minimum Gasteiger partial charge on any atom is -0.460 e. The van der Waals surface area contributed by atoms with Crippen LogP contribution in [0.3, 0.4) is 0 Å². The molecule has 1 rings (SSSR count). The molecule has 0 aliphatic carbocycles. The summed E-state index contributed by atoms with van der Waals surface area (Å²) < 4.78 is 5.69. The fourth-order valence-corrected chi connectivity index (χ4v) is 1.82. The van der Waals surface area contributed by atoms with Gasteiger partial charge in [-0.2, -0.15) is 15.0 Å². The number of halogens is 1. The van der Waals surface area contributed by atoms with Gasteiger partial charge in [0.2, 0.25) is 11.2 Å². The predicted molar refractivity (Wildman–Crippen MR) is 78.0 cm³/mol. The van der Waals surface area contributed by atoms with E-state index in [9.17, 15) is 0 Å². The van der Waals surface area contributed by atoms with Crippen LogP contribution in [0, 0.1) is 0 Å².